The summed E-state index contributed by atoms with van der Waals surface area (Å²) in [5.41, 5.74) is 4.35. The number of aliphatic hydroxyl groups excluding tert-OH is 1. The zero-order chi connectivity index (χ0) is 29.3. The van der Waals surface area contributed by atoms with Gasteiger partial charge in [0.2, 0.25) is 0 Å². The second kappa shape index (κ2) is 12.6. The maximum absolute atomic E-state index is 15.7. The van der Waals surface area contributed by atoms with Crippen LogP contribution in [0.2, 0.25) is 0 Å². The molecule has 0 aliphatic carbocycles. The van der Waals surface area contributed by atoms with Crippen LogP contribution in [0.25, 0.3) is 33.4 Å². The number of ether oxygens (including phenoxy) is 5. The van der Waals surface area contributed by atoms with Gasteiger partial charge in [0.25, 0.3) is 0 Å². The number of thioether (sulfide) groups is 1. The van der Waals surface area contributed by atoms with E-state index in [4.69, 9.17) is 28.7 Å². The number of nitrogens with zero attached hydrogens (tertiary/aromatic N) is 2. The Labute approximate surface area is 254 Å². The van der Waals surface area contributed by atoms with Gasteiger partial charge in [0, 0.05) is 42.1 Å². The standard InChI is InChI=1S/C33H35FN2O6S/c1-38-14-15-43-23-11-9-21(10-12-23)20-5-7-22(8-6-20)31-24(34)16-26-25(35-31)17-30(36(26)29-4-2-3-13-39-29)42-28-19-41-32-27(37)18-40-33(28)32/h5-12,16-17,27-29,32-33,37H,2-4,13-15,18-19H2,1H3/t27-,28-,29?,32-,33-/m1/s1. The third-order valence-electron chi connectivity index (χ3n) is 8.34. The molecule has 0 amide bonds. The number of hydrogen-bond donors (Lipinski definition) is 1. The summed E-state index contributed by atoms with van der Waals surface area (Å²) in [6.07, 6.45) is 0.665. The molecule has 5 heterocycles. The highest BCUT2D eigenvalue weighted by Gasteiger charge is 2.48. The molecule has 8 nitrogen and oxygen atoms in total. The Bertz CT molecular complexity index is 1560. The molecule has 10 heteroatoms. The SMILES string of the molecule is COCCSc1ccc(-c2ccc(-c3nc4cc(O[C@@H]5CO[C@H]6[C@@H]5OC[C@H]6O)n(C5CCCCO5)c4cc3F)cc2)cc1. The van der Waals surface area contributed by atoms with Gasteiger partial charge in [-0.3, -0.25) is 4.57 Å². The number of pyridine rings is 1. The molecule has 4 aromatic rings. The number of methoxy groups -OCH3 is 1. The Morgan fingerprint density at radius 3 is 2.44 bits per heavy atom. The van der Waals surface area contributed by atoms with Crippen molar-refractivity contribution in [3.63, 3.8) is 0 Å². The summed E-state index contributed by atoms with van der Waals surface area (Å²) in [4.78, 5) is 5.97. The fourth-order valence-electron chi connectivity index (χ4n) is 6.12. The zero-order valence-corrected chi connectivity index (χ0v) is 24.8. The molecule has 3 aliphatic heterocycles. The molecule has 0 bridgehead atoms. The molecular formula is C33H35FN2O6S. The van der Waals surface area contributed by atoms with Gasteiger partial charge in [0.15, 0.2) is 17.8 Å². The van der Waals surface area contributed by atoms with Crippen molar-refractivity contribution in [2.75, 3.05) is 39.3 Å². The molecule has 0 saturated carbocycles. The Hall–Kier alpha value is -2.99. The van der Waals surface area contributed by atoms with Crippen LogP contribution in [-0.4, -0.2) is 78.4 Å². The monoisotopic (exact) mass is 606 g/mol. The van der Waals surface area contributed by atoms with Crippen LogP contribution in [0.5, 0.6) is 5.88 Å². The smallest absolute Gasteiger partial charge is 0.198 e. The molecule has 7 rings (SSSR count). The zero-order valence-electron chi connectivity index (χ0n) is 24.0. The highest BCUT2D eigenvalue weighted by molar-refractivity contribution is 7.99. The van der Waals surface area contributed by atoms with E-state index in [0.29, 0.717) is 42.3 Å². The predicted molar refractivity (Wildman–Crippen MR) is 162 cm³/mol. The Balaban J connectivity index is 1.17. The first-order valence-corrected chi connectivity index (χ1v) is 15.8. The minimum atomic E-state index is -0.666. The fraction of sp³-hybridized carbons (Fsp3) is 0.424. The third kappa shape index (κ3) is 5.80. The Morgan fingerprint density at radius 2 is 1.70 bits per heavy atom. The number of rotatable bonds is 9. The van der Waals surface area contributed by atoms with Gasteiger partial charge >= 0.3 is 0 Å². The first-order chi connectivity index (χ1) is 21.1. The van der Waals surface area contributed by atoms with E-state index in [2.05, 4.69) is 24.3 Å². The molecule has 5 atom stereocenters. The lowest BCUT2D eigenvalue weighted by atomic mass is 10.0. The van der Waals surface area contributed by atoms with E-state index in [1.807, 2.05) is 34.9 Å². The van der Waals surface area contributed by atoms with Crippen LogP contribution >= 0.6 is 11.8 Å². The van der Waals surface area contributed by atoms with Gasteiger partial charge in [-0.25, -0.2) is 9.37 Å². The molecule has 3 saturated heterocycles. The highest BCUT2D eigenvalue weighted by Crippen LogP contribution is 2.38. The van der Waals surface area contributed by atoms with Gasteiger partial charge in [-0.05, 0) is 42.5 Å². The van der Waals surface area contributed by atoms with Crippen LogP contribution in [0.4, 0.5) is 4.39 Å². The first-order valence-electron chi connectivity index (χ1n) is 14.8. The summed E-state index contributed by atoms with van der Waals surface area (Å²) in [6, 6.07) is 19.6. The normalized spacial score (nSPS) is 25.3. The molecule has 2 aromatic carbocycles. The maximum atomic E-state index is 15.7. The molecule has 3 fully saturated rings. The minimum absolute atomic E-state index is 0.220. The second-order valence-electron chi connectivity index (χ2n) is 11.2. The van der Waals surface area contributed by atoms with E-state index >= 15 is 4.39 Å². The summed E-state index contributed by atoms with van der Waals surface area (Å²) in [5.74, 6) is 1.03. The van der Waals surface area contributed by atoms with Gasteiger partial charge in [0.05, 0.1) is 30.9 Å². The van der Waals surface area contributed by atoms with Crippen LogP contribution < -0.4 is 4.74 Å². The Morgan fingerprint density at radius 1 is 0.953 bits per heavy atom. The van der Waals surface area contributed by atoms with Gasteiger partial charge in [-0.15, -0.1) is 11.8 Å². The van der Waals surface area contributed by atoms with Crippen molar-refractivity contribution in [2.45, 2.75) is 54.8 Å². The lowest BCUT2D eigenvalue weighted by Gasteiger charge is -2.27. The van der Waals surface area contributed by atoms with E-state index in [1.165, 1.54) is 11.0 Å². The average Bonchev–Trinajstić information content (AvgIpc) is 3.72. The molecule has 0 spiro atoms. The minimum Gasteiger partial charge on any atom is -0.470 e. The van der Waals surface area contributed by atoms with Crippen LogP contribution in [0.1, 0.15) is 25.5 Å². The summed E-state index contributed by atoms with van der Waals surface area (Å²) in [6.45, 7) is 1.87. The molecule has 3 aliphatic rings. The van der Waals surface area contributed by atoms with Crippen LogP contribution in [0, 0.1) is 5.82 Å². The topological polar surface area (TPSA) is 84.2 Å². The summed E-state index contributed by atoms with van der Waals surface area (Å²) in [5, 5.41) is 10.2. The Kier molecular flexibility index (Phi) is 8.40. The number of hydrogen-bond acceptors (Lipinski definition) is 8. The fourth-order valence-corrected chi connectivity index (χ4v) is 6.94. The molecule has 226 valence electrons. The van der Waals surface area contributed by atoms with Crippen LogP contribution in [0.3, 0.4) is 0 Å². The summed E-state index contributed by atoms with van der Waals surface area (Å²) in [7, 11) is 1.71. The maximum Gasteiger partial charge on any atom is 0.198 e. The number of fused-ring (bicyclic) bond motifs is 2. The number of halogens is 1. The molecular weight excluding hydrogens is 571 g/mol. The van der Waals surface area contributed by atoms with E-state index in [9.17, 15) is 5.11 Å². The average molecular weight is 607 g/mol. The van der Waals surface area contributed by atoms with Gasteiger partial charge in [0.1, 0.15) is 30.2 Å². The van der Waals surface area contributed by atoms with Gasteiger partial charge in [-0.1, -0.05) is 36.4 Å². The predicted octanol–water partition coefficient (Wildman–Crippen LogP) is 5.85. The quantitative estimate of drug-likeness (QED) is 0.188. The number of benzene rings is 2. The molecule has 1 N–H and O–H groups in total. The number of aliphatic hydroxyl groups is 1. The largest absolute Gasteiger partial charge is 0.470 e. The van der Waals surface area contributed by atoms with Crippen molar-refractivity contribution in [2.24, 2.45) is 0 Å². The lowest BCUT2D eigenvalue weighted by Crippen LogP contribution is -2.35. The van der Waals surface area contributed by atoms with Crippen molar-refractivity contribution in [1.29, 1.82) is 0 Å². The van der Waals surface area contributed by atoms with Crippen molar-refractivity contribution >= 4 is 22.8 Å². The van der Waals surface area contributed by atoms with Gasteiger partial charge in [-0.2, -0.15) is 0 Å². The first kappa shape index (κ1) is 28.8. The summed E-state index contributed by atoms with van der Waals surface area (Å²) < 4.78 is 46.9. The van der Waals surface area contributed by atoms with E-state index in [0.717, 1.165) is 36.1 Å². The van der Waals surface area contributed by atoms with Crippen LogP contribution in [-0.2, 0) is 18.9 Å². The summed E-state index contributed by atoms with van der Waals surface area (Å²) >= 11 is 1.76. The molecule has 1 unspecified atom stereocenters. The van der Waals surface area contributed by atoms with Crippen molar-refractivity contribution in [3.05, 3.63) is 66.5 Å². The van der Waals surface area contributed by atoms with Crippen LogP contribution in [0.15, 0.2) is 65.6 Å². The molecule has 0 radical (unpaired) electrons. The van der Waals surface area contributed by atoms with Crippen molar-refractivity contribution in [1.82, 2.24) is 9.55 Å². The molecule has 2 aromatic heterocycles. The van der Waals surface area contributed by atoms with E-state index in [-0.39, 0.29) is 24.6 Å². The lowest BCUT2D eigenvalue weighted by molar-refractivity contribution is -0.0392. The van der Waals surface area contributed by atoms with E-state index < -0.39 is 24.1 Å². The van der Waals surface area contributed by atoms with Crippen molar-refractivity contribution < 1.29 is 33.2 Å². The van der Waals surface area contributed by atoms with Gasteiger partial charge < -0.3 is 28.8 Å². The highest BCUT2D eigenvalue weighted by atomic mass is 32.2. The van der Waals surface area contributed by atoms with Crippen molar-refractivity contribution in [3.8, 4) is 28.3 Å². The number of aromatic nitrogens is 2. The molecule has 43 heavy (non-hydrogen) atoms. The third-order valence-corrected chi connectivity index (χ3v) is 9.32. The second-order valence-corrected chi connectivity index (χ2v) is 12.3. The van der Waals surface area contributed by atoms with E-state index in [1.54, 1.807) is 18.9 Å².